The van der Waals surface area contributed by atoms with Gasteiger partial charge in [-0.2, -0.15) is 0 Å². The standard InChI is InChI=1S/C29H41N5O4/c1-6-7-19(2)38-29(35)32-24-13-10-22(18-25(24)37-5)26-27-20(3)30-14-16-34(27)28(33-26)21-8-11-23(12-9-21)31-15-17-36-4/h10,13-14,16,18-19,21,23,31H,6-9,11-12,15,17H2,1-5H3,(H,32,35)/t19?,21-,23-. The molecule has 1 saturated carbocycles. The summed E-state index contributed by atoms with van der Waals surface area (Å²) in [6.07, 6.45) is 9.38. The van der Waals surface area contributed by atoms with E-state index in [9.17, 15) is 4.79 Å². The first-order valence-corrected chi connectivity index (χ1v) is 13.7. The van der Waals surface area contributed by atoms with Crippen LogP contribution in [0.3, 0.4) is 0 Å². The summed E-state index contributed by atoms with van der Waals surface area (Å²) in [5.74, 6) is 2.00. The van der Waals surface area contributed by atoms with Gasteiger partial charge in [-0.3, -0.25) is 14.7 Å². The number of anilines is 1. The summed E-state index contributed by atoms with van der Waals surface area (Å²) in [5.41, 5.74) is 4.26. The van der Waals surface area contributed by atoms with Crippen molar-refractivity contribution in [3.63, 3.8) is 0 Å². The molecule has 0 radical (unpaired) electrons. The lowest BCUT2D eigenvalue weighted by Crippen LogP contribution is -2.35. The van der Waals surface area contributed by atoms with Crippen LogP contribution in [0, 0.1) is 6.92 Å². The van der Waals surface area contributed by atoms with Crippen molar-refractivity contribution in [3.05, 3.63) is 42.1 Å². The Labute approximate surface area is 225 Å². The van der Waals surface area contributed by atoms with Crippen molar-refractivity contribution >= 4 is 17.3 Å². The molecule has 2 N–H and O–H groups in total. The Kier molecular flexibility index (Phi) is 9.58. The van der Waals surface area contributed by atoms with Gasteiger partial charge in [-0.05, 0) is 58.1 Å². The van der Waals surface area contributed by atoms with Gasteiger partial charge in [0.15, 0.2) is 0 Å². The number of carbonyl (C=O) groups excluding carboxylic acids is 1. The molecule has 38 heavy (non-hydrogen) atoms. The molecule has 9 nitrogen and oxygen atoms in total. The predicted octanol–water partition coefficient (Wildman–Crippen LogP) is 5.71. The fourth-order valence-corrected chi connectivity index (χ4v) is 5.36. The van der Waals surface area contributed by atoms with E-state index < -0.39 is 6.09 Å². The van der Waals surface area contributed by atoms with E-state index in [1.807, 2.05) is 44.4 Å². The lowest BCUT2D eigenvalue weighted by molar-refractivity contribution is 0.115. The van der Waals surface area contributed by atoms with Gasteiger partial charge in [-0.25, -0.2) is 9.78 Å². The van der Waals surface area contributed by atoms with Gasteiger partial charge in [0.05, 0.1) is 36.3 Å². The Morgan fingerprint density at radius 2 is 2.00 bits per heavy atom. The van der Waals surface area contributed by atoms with E-state index in [0.29, 0.717) is 23.4 Å². The highest BCUT2D eigenvalue weighted by molar-refractivity contribution is 5.89. The number of rotatable bonds is 11. The Bertz CT molecular complexity index is 1220. The molecular formula is C29H41N5O4. The van der Waals surface area contributed by atoms with Gasteiger partial charge < -0.3 is 19.5 Å². The molecule has 0 aliphatic heterocycles. The number of amides is 1. The van der Waals surface area contributed by atoms with Crippen LogP contribution in [0.1, 0.15) is 69.8 Å². The second kappa shape index (κ2) is 13.1. The first-order chi connectivity index (χ1) is 18.4. The molecule has 9 heteroatoms. The third-order valence-electron chi connectivity index (χ3n) is 7.31. The lowest BCUT2D eigenvalue weighted by atomic mass is 9.85. The minimum absolute atomic E-state index is 0.146. The number of methoxy groups -OCH3 is 2. The number of nitrogens with zero attached hydrogens (tertiary/aromatic N) is 3. The van der Waals surface area contributed by atoms with E-state index >= 15 is 0 Å². The second-order valence-corrected chi connectivity index (χ2v) is 10.1. The SMILES string of the molecule is CCCC(C)OC(=O)Nc1ccc(-c2nc([C@H]3CC[C@H](NCCOC)CC3)n3ccnc(C)c23)cc1OC. The molecule has 4 rings (SSSR count). The molecule has 1 unspecified atom stereocenters. The van der Waals surface area contributed by atoms with Crippen LogP contribution in [0.4, 0.5) is 10.5 Å². The molecule has 1 atom stereocenters. The first kappa shape index (κ1) is 27.9. The average molecular weight is 524 g/mol. The summed E-state index contributed by atoms with van der Waals surface area (Å²) < 4.78 is 18.5. The highest BCUT2D eigenvalue weighted by Gasteiger charge is 2.27. The monoisotopic (exact) mass is 523 g/mol. The minimum atomic E-state index is -0.487. The normalized spacial score (nSPS) is 18.3. The molecule has 2 heterocycles. The van der Waals surface area contributed by atoms with Crippen molar-refractivity contribution in [2.75, 3.05) is 32.7 Å². The zero-order valence-corrected chi connectivity index (χ0v) is 23.3. The number of ether oxygens (including phenoxy) is 3. The van der Waals surface area contributed by atoms with E-state index in [-0.39, 0.29) is 6.10 Å². The lowest BCUT2D eigenvalue weighted by Gasteiger charge is -2.28. The van der Waals surface area contributed by atoms with Crippen LogP contribution < -0.4 is 15.4 Å². The van der Waals surface area contributed by atoms with Crippen LogP contribution in [0.5, 0.6) is 5.75 Å². The van der Waals surface area contributed by atoms with Crippen LogP contribution >= 0.6 is 0 Å². The quantitative estimate of drug-likeness (QED) is 0.311. The zero-order chi connectivity index (χ0) is 27.1. The maximum absolute atomic E-state index is 12.4. The molecule has 206 valence electrons. The maximum atomic E-state index is 12.4. The van der Waals surface area contributed by atoms with Gasteiger partial charge in [0, 0.05) is 43.6 Å². The van der Waals surface area contributed by atoms with Gasteiger partial charge in [-0.15, -0.1) is 0 Å². The fourth-order valence-electron chi connectivity index (χ4n) is 5.36. The highest BCUT2D eigenvalue weighted by Crippen LogP contribution is 2.38. The smallest absolute Gasteiger partial charge is 0.412 e. The summed E-state index contributed by atoms with van der Waals surface area (Å²) >= 11 is 0. The number of imidazole rings is 1. The minimum Gasteiger partial charge on any atom is -0.495 e. The van der Waals surface area contributed by atoms with Gasteiger partial charge >= 0.3 is 6.09 Å². The van der Waals surface area contributed by atoms with Crippen molar-refractivity contribution in [1.29, 1.82) is 0 Å². The Hall–Kier alpha value is -3.17. The van der Waals surface area contributed by atoms with Crippen molar-refractivity contribution in [2.45, 2.75) is 77.4 Å². The number of fused-ring (bicyclic) bond motifs is 1. The van der Waals surface area contributed by atoms with Crippen molar-refractivity contribution in [3.8, 4) is 17.0 Å². The van der Waals surface area contributed by atoms with Crippen LogP contribution in [-0.2, 0) is 9.47 Å². The van der Waals surface area contributed by atoms with E-state index in [4.69, 9.17) is 19.2 Å². The molecule has 3 aromatic rings. The third-order valence-corrected chi connectivity index (χ3v) is 7.31. The number of aryl methyl sites for hydroxylation is 1. The molecule has 1 aliphatic carbocycles. The molecule has 0 spiro atoms. The molecule has 1 amide bonds. The third kappa shape index (κ3) is 6.45. The van der Waals surface area contributed by atoms with E-state index in [1.165, 1.54) is 0 Å². The number of carbonyl (C=O) groups is 1. The van der Waals surface area contributed by atoms with Crippen LogP contribution in [0.15, 0.2) is 30.6 Å². The fraction of sp³-hybridized carbons (Fsp3) is 0.552. The second-order valence-electron chi connectivity index (χ2n) is 10.1. The topological polar surface area (TPSA) is 99.0 Å². The Morgan fingerprint density at radius 3 is 2.71 bits per heavy atom. The summed E-state index contributed by atoms with van der Waals surface area (Å²) in [6.45, 7) is 7.59. The van der Waals surface area contributed by atoms with Gasteiger partial charge in [0.2, 0.25) is 0 Å². The van der Waals surface area contributed by atoms with Gasteiger partial charge in [0.1, 0.15) is 17.7 Å². The summed E-state index contributed by atoms with van der Waals surface area (Å²) in [5, 5.41) is 6.42. The Balaban J connectivity index is 1.58. The molecule has 0 bridgehead atoms. The first-order valence-electron chi connectivity index (χ1n) is 13.7. The number of hydrogen-bond donors (Lipinski definition) is 2. The number of benzene rings is 1. The van der Waals surface area contributed by atoms with E-state index in [0.717, 1.165) is 80.0 Å². The largest absolute Gasteiger partial charge is 0.495 e. The van der Waals surface area contributed by atoms with Crippen LogP contribution in [0.2, 0.25) is 0 Å². The molecular weight excluding hydrogens is 482 g/mol. The molecule has 1 aliphatic rings. The highest BCUT2D eigenvalue weighted by atomic mass is 16.6. The van der Waals surface area contributed by atoms with Crippen molar-refractivity contribution < 1.29 is 19.0 Å². The number of aromatic nitrogens is 3. The van der Waals surface area contributed by atoms with Gasteiger partial charge in [0.25, 0.3) is 0 Å². The maximum Gasteiger partial charge on any atom is 0.412 e. The van der Waals surface area contributed by atoms with Crippen molar-refractivity contribution in [2.24, 2.45) is 0 Å². The molecule has 1 aromatic carbocycles. The molecule has 0 saturated heterocycles. The number of nitrogens with one attached hydrogen (secondary N) is 2. The van der Waals surface area contributed by atoms with Crippen LogP contribution in [0.25, 0.3) is 16.8 Å². The van der Waals surface area contributed by atoms with E-state index in [1.54, 1.807) is 14.2 Å². The zero-order valence-electron chi connectivity index (χ0n) is 23.3. The van der Waals surface area contributed by atoms with Crippen molar-refractivity contribution in [1.82, 2.24) is 19.7 Å². The summed E-state index contributed by atoms with van der Waals surface area (Å²) in [4.78, 5) is 22.1. The Morgan fingerprint density at radius 1 is 1.21 bits per heavy atom. The average Bonchev–Trinajstić information content (AvgIpc) is 3.30. The molecule has 2 aromatic heterocycles. The van der Waals surface area contributed by atoms with Crippen LogP contribution in [-0.4, -0.2) is 60.0 Å². The molecule has 1 fully saturated rings. The summed E-state index contributed by atoms with van der Waals surface area (Å²) in [6, 6.07) is 6.24. The predicted molar refractivity (Wildman–Crippen MR) is 149 cm³/mol. The number of hydrogen-bond acceptors (Lipinski definition) is 7. The summed E-state index contributed by atoms with van der Waals surface area (Å²) in [7, 11) is 3.33. The van der Waals surface area contributed by atoms with E-state index in [2.05, 4.69) is 26.9 Å². The van der Waals surface area contributed by atoms with Gasteiger partial charge in [-0.1, -0.05) is 19.4 Å².